The quantitative estimate of drug-likeness (QED) is 0.816. The summed E-state index contributed by atoms with van der Waals surface area (Å²) in [5, 5.41) is 4.35. The highest BCUT2D eigenvalue weighted by molar-refractivity contribution is 6.34. The molecule has 2 rings (SSSR count). The lowest BCUT2D eigenvalue weighted by molar-refractivity contribution is 0.0507. The van der Waals surface area contributed by atoms with E-state index in [1.54, 1.807) is 38.1 Å². The van der Waals surface area contributed by atoms with Gasteiger partial charge >= 0.3 is 5.97 Å². The molecule has 0 fully saturated rings. The molecule has 0 amide bonds. The average molecular weight is 293 g/mol. The van der Waals surface area contributed by atoms with Gasteiger partial charge < -0.3 is 4.74 Å². The Hall–Kier alpha value is -2.14. The zero-order valence-corrected chi connectivity index (χ0v) is 11.8. The van der Waals surface area contributed by atoms with Crippen LogP contribution in [0.5, 0.6) is 0 Å². The first-order chi connectivity index (χ1) is 9.54. The van der Waals surface area contributed by atoms with Crippen LogP contribution in [-0.2, 0) is 4.74 Å². The Labute approximate surface area is 121 Å². The van der Waals surface area contributed by atoms with Gasteiger partial charge in [-0.15, -0.1) is 0 Å². The lowest BCUT2D eigenvalue weighted by atomic mass is 10.2. The van der Waals surface area contributed by atoms with Gasteiger partial charge in [0, 0.05) is 0 Å². The molecule has 0 radical (unpaired) electrons. The normalized spacial score (nSPS) is 10.3. The molecule has 0 aliphatic rings. The minimum Gasteiger partial charge on any atom is -0.461 e. The Kier molecular flexibility index (Phi) is 4.20. The van der Waals surface area contributed by atoms with Gasteiger partial charge in [0.25, 0.3) is 5.91 Å². The summed E-state index contributed by atoms with van der Waals surface area (Å²) in [6.45, 7) is 3.61. The molecule has 1 aromatic heterocycles. The average Bonchev–Trinajstić information content (AvgIpc) is 2.81. The van der Waals surface area contributed by atoms with Crippen molar-refractivity contribution in [3.63, 3.8) is 0 Å². The summed E-state index contributed by atoms with van der Waals surface area (Å²) in [5.74, 6) is -1.06. The SMILES string of the molecule is CCOC(=O)c1cc(C)nn1C(=O)c1ccccc1Cl. The van der Waals surface area contributed by atoms with Crippen LogP contribution in [0.3, 0.4) is 0 Å². The van der Waals surface area contributed by atoms with E-state index in [4.69, 9.17) is 16.3 Å². The van der Waals surface area contributed by atoms with Crippen LogP contribution in [0.15, 0.2) is 30.3 Å². The number of hydrogen-bond donors (Lipinski definition) is 0. The summed E-state index contributed by atoms with van der Waals surface area (Å²) in [6.07, 6.45) is 0. The van der Waals surface area contributed by atoms with Gasteiger partial charge in [-0.25, -0.2) is 4.79 Å². The van der Waals surface area contributed by atoms with Gasteiger partial charge in [-0.1, -0.05) is 23.7 Å². The van der Waals surface area contributed by atoms with E-state index in [9.17, 15) is 9.59 Å². The van der Waals surface area contributed by atoms with E-state index in [1.165, 1.54) is 6.07 Å². The van der Waals surface area contributed by atoms with Crippen LogP contribution in [-0.4, -0.2) is 28.3 Å². The third-order valence-electron chi connectivity index (χ3n) is 2.61. The van der Waals surface area contributed by atoms with Crippen LogP contribution in [0.25, 0.3) is 0 Å². The van der Waals surface area contributed by atoms with Crippen molar-refractivity contribution in [1.82, 2.24) is 9.78 Å². The molecular formula is C14H13ClN2O3. The van der Waals surface area contributed by atoms with Crippen molar-refractivity contribution >= 4 is 23.5 Å². The van der Waals surface area contributed by atoms with Gasteiger partial charge in [-0.2, -0.15) is 9.78 Å². The van der Waals surface area contributed by atoms with Crippen molar-refractivity contribution in [3.8, 4) is 0 Å². The predicted octanol–water partition coefficient (Wildman–Crippen LogP) is 2.71. The van der Waals surface area contributed by atoms with Crippen molar-refractivity contribution in [1.29, 1.82) is 0 Å². The molecule has 1 heterocycles. The molecule has 0 unspecified atom stereocenters. The highest BCUT2D eigenvalue weighted by atomic mass is 35.5. The molecule has 0 aliphatic carbocycles. The Morgan fingerprint density at radius 1 is 1.35 bits per heavy atom. The summed E-state index contributed by atoms with van der Waals surface area (Å²) in [7, 11) is 0. The number of ether oxygens (including phenoxy) is 1. The topological polar surface area (TPSA) is 61.2 Å². The second kappa shape index (κ2) is 5.88. The van der Waals surface area contributed by atoms with Crippen molar-refractivity contribution in [2.75, 3.05) is 6.61 Å². The minimum atomic E-state index is -0.589. The summed E-state index contributed by atoms with van der Waals surface area (Å²) >= 11 is 5.99. The molecule has 5 nitrogen and oxygen atoms in total. The first kappa shape index (κ1) is 14.3. The first-order valence-corrected chi connectivity index (χ1v) is 6.45. The van der Waals surface area contributed by atoms with Crippen molar-refractivity contribution in [2.24, 2.45) is 0 Å². The molecule has 0 N–H and O–H groups in total. The lowest BCUT2D eigenvalue weighted by Gasteiger charge is -2.06. The number of carbonyl (C=O) groups is 2. The van der Waals surface area contributed by atoms with Gasteiger partial charge in [-0.05, 0) is 32.0 Å². The second-order valence-corrected chi connectivity index (χ2v) is 4.50. The van der Waals surface area contributed by atoms with Gasteiger partial charge in [0.15, 0.2) is 5.69 Å². The van der Waals surface area contributed by atoms with Gasteiger partial charge in [0.05, 0.1) is 22.9 Å². The molecule has 2 aromatic rings. The number of rotatable bonds is 3. The molecule has 6 heteroatoms. The molecule has 0 spiro atoms. The van der Waals surface area contributed by atoms with Crippen molar-refractivity contribution < 1.29 is 14.3 Å². The number of aromatic nitrogens is 2. The van der Waals surface area contributed by atoms with E-state index >= 15 is 0 Å². The smallest absolute Gasteiger partial charge is 0.357 e. The van der Waals surface area contributed by atoms with E-state index in [-0.39, 0.29) is 17.9 Å². The Morgan fingerprint density at radius 2 is 2.05 bits per heavy atom. The van der Waals surface area contributed by atoms with Crippen LogP contribution < -0.4 is 0 Å². The molecule has 0 saturated carbocycles. The molecular weight excluding hydrogens is 280 g/mol. The first-order valence-electron chi connectivity index (χ1n) is 6.07. The van der Waals surface area contributed by atoms with Crippen molar-refractivity contribution in [3.05, 3.63) is 52.3 Å². The zero-order valence-electron chi connectivity index (χ0n) is 11.1. The molecule has 0 saturated heterocycles. The summed E-state index contributed by atoms with van der Waals surface area (Å²) < 4.78 is 5.94. The summed E-state index contributed by atoms with van der Waals surface area (Å²) in [6, 6.07) is 8.11. The molecule has 0 aliphatic heterocycles. The van der Waals surface area contributed by atoms with Crippen LogP contribution in [0.2, 0.25) is 5.02 Å². The van der Waals surface area contributed by atoms with Crippen LogP contribution in [0.1, 0.15) is 33.5 Å². The fraction of sp³-hybridized carbons (Fsp3) is 0.214. The highest BCUT2D eigenvalue weighted by Gasteiger charge is 2.22. The van der Waals surface area contributed by atoms with Gasteiger partial charge in [-0.3, -0.25) is 4.79 Å². The van der Waals surface area contributed by atoms with E-state index in [0.29, 0.717) is 10.7 Å². The van der Waals surface area contributed by atoms with E-state index in [2.05, 4.69) is 5.10 Å². The number of hydrogen-bond acceptors (Lipinski definition) is 4. The Bertz CT molecular complexity index is 664. The third-order valence-corrected chi connectivity index (χ3v) is 2.94. The summed E-state index contributed by atoms with van der Waals surface area (Å²) in [4.78, 5) is 24.2. The largest absolute Gasteiger partial charge is 0.461 e. The maximum Gasteiger partial charge on any atom is 0.357 e. The van der Waals surface area contributed by atoms with E-state index in [1.807, 2.05) is 0 Å². The van der Waals surface area contributed by atoms with E-state index in [0.717, 1.165) is 4.68 Å². The maximum atomic E-state index is 12.4. The van der Waals surface area contributed by atoms with Gasteiger partial charge in [0.1, 0.15) is 0 Å². The van der Waals surface area contributed by atoms with Crippen molar-refractivity contribution in [2.45, 2.75) is 13.8 Å². The summed E-state index contributed by atoms with van der Waals surface area (Å²) in [5.41, 5.74) is 0.922. The number of aryl methyl sites for hydroxylation is 1. The molecule has 0 atom stereocenters. The Balaban J connectivity index is 2.45. The monoisotopic (exact) mass is 292 g/mol. The second-order valence-electron chi connectivity index (χ2n) is 4.09. The number of halogens is 1. The fourth-order valence-electron chi connectivity index (χ4n) is 1.75. The third kappa shape index (κ3) is 2.72. The highest BCUT2D eigenvalue weighted by Crippen LogP contribution is 2.17. The number of carbonyl (C=O) groups excluding carboxylic acids is 2. The molecule has 104 valence electrons. The van der Waals surface area contributed by atoms with Crippen LogP contribution in [0.4, 0.5) is 0 Å². The minimum absolute atomic E-state index is 0.0919. The van der Waals surface area contributed by atoms with Crippen LogP contribution in [0, 0.1) is 6.92 Å². The Morgan fingerprint density at radius 3 is 2.70 bits per heavy atom. The standard InChI is InChI=1S/C14H13ClN2O3/c1-3-20-14(19)12-8-9(2)16-17(12)13(18)10-6-4-5-7-11(10)15/h4-8H,3H2,1-2H3. The lowest BCUT2D eigenvalue weighted by Crippen LogP contribution is -2.21. The number of benzene rings is 1. The van der Waals surface area contributed by atoms with Gasteiger partial charge in [0.2, 0.25) is 0 Å². The number of nitrogens with zero attached hydrogens (tertiary/aromatic N) is 2. The molecule has 1 aromatic carbocycles. The van der Waals surface area contributed by atoms with Crippen LogP contribution >= 0.6 is 11.6 Å². The fourth-order valence-corrected chi connectivity index (χ4v) is 1.97. The number of esters is 1. The van der Waals surface area contributed by atoms with E-state index < -0.39 is 11.9 Å². The zero-order chi connectivity index (χ0) is 14.7. The molecule has 0 bridgehead atoms. The molecule has 20 heavy (non-hydrogen) atoms. The maximum absolute atomic E-state index is 12.4. The predicted molar refractivity (Wildman–Crippen MR) is 74.1 cm³/mol.